The van der Waals surface area contributed by atoms with E-state index < -0.39 is 11.9 Å². The lowest BCUT2D eigenvalue weighted by molar-refractivity contribution is -0.127. The van der Waals surface area contributed by atoms with Gasteiger partial charge in [-0.1, -0.05) is 12.1 Å². The summed E-state index contributed by atoms with van der Waals surface area (Å²) in [5.74, 6) is -0.610. The van der Waals surface area contributed by atoms with Crippen LogP contribution in [-0.4, -0.2) is 42.5 Å². The molecule has 0 spiro atoms. The third-order valence-corrected chi connectivity index (χ3v) is 4.09. The standard InChI is InChI=1S/C15H18N2O3/c16-14(18)13-9-20-8-7-17(13)15(19)12-6-2-4-10-3-1-5-11(10)12/h2,4,6,13H,1,3,5,7-9H2,(H2,16,18)/t13-/m1/s1. The van der Waals surface area contributed by atoms with E-state index in [2.05, 4.69) is 6.07 Å². The van der Waals surface area contributed by atoms with Crippen molar-refractivity contribution in [2.45, 2.75) is 25.3 Å². The molecule has 1 aliphatic heterocycles. The number of rotatable bonds is 2. The van der Waals surface area contributed by atoms with E-state index in [4.69, 9.17) is 10.5 Å². The first kappa shape index (κ1) is 13.1. The molecule has 106 valence electrons. The lowest BCUT2D eigenvalue weighted by Gasteiger charge is -2.34. The van der Waals surface area contributed by atoms with Crippen LogP contribution in [0.25, 0.3) is 0 Å². The van der Waals surface area contributed by atoms with Crippen molar-refractivity contribution in [2.24, 2.45) is 5.73 Å². The summed E-state index contributed by atoms with van der Waals surface area (Å²) in [5.41, 5.74) is 8.47. The van der Waals surface area contributed by atoms with Gasteiger partial charge < -0.3 is 15.4 Å². The summed E-state index contributed by atoms with van der Waals surface area (Å²) < 4.78 is 5.26. The molecule has 1 saturated heterocycles. The number of ether oxygens (including phenoxy) is 1. The third kappa shape index (κ3) is 2.18. The van der Waals surface area contributed by atoms with Crippen molar-refractivity contribution in [3.8, 4) is 0 Å². The summed E-state index contributed by atoms with van der Waals surface area (Å²) in [5, 5.41) is 0. The molecule has 1 heterocycles. The van der Waals surface area contributed by atoms with Crippen LogP contribution in [0.15, 0.2) is 18.2 Å². The minimum atomic E-state index is -0.659. The number of amides is 2. The number of aryl methyl sites for hydroxylation is 1. The van der Waals surface area contributed by atoms with Gasteiger partial charge in [-0.2, -0.15) is 0 Å². The average Bonchev–Trinajstić information content (AvgIpc) is 2.94. The van der Waals surface area contributed by atoms with E-state index in [-0.39, 0.29) is 12.5 Å². The highest BCUT2D eigenvalue weighted by Crippen LogP contribution is 2.26. The molecule has 2 aliphatic rings. The quantitative estimate of drug-likeness (QED) is 0.853. The molecule has 1 aromatic rings. The molecule has 0 unspecified atom stereocenters. The second kappa shape index (κ2) is 5.25. The highest BCUT2D eigenvalue weighted by molar-refractivity contribution is 5.99. The number of primary amides is 1. The zero-order valence-electron chi connectivity index (χ0n) is 11.3. The minimum absolute atomic E-state index is 0.101. The van der Waals surface area contributed by atoms with Gasteiger partial charge in [0.15, 0.2) is 0 Å². The first-order valence-electron chi connectivity index (χ1n) is 6.97. The first-order chi connectivity index (χ1) is 9.68. The van der Waals surface area contributed by atoms with Crippen LogP contribution in [0.2, 0.25) is 0 Å². The molecule has 3 rings (SSSR count). The predicted octanol–water partition coefficient (Wildman–Crippen LogP) is 0.502. The molecule has 1 aliphatic carbocycles. The average molecular weight is 274 g/mol. The Morgan fingerprint density at radius 1 is 1.30 bits per heavy atom. The van der Waals surface area contributed by atoms with E-state index >= 15 is 0 Å². The topological polar surface area (TPSA) is 72.6 Å². The maximum Gasteiger partial charge on any atom is 0.254 e. The number of carbonyl (C=O) groups is 2. The Bertz CT molecular complexity index is 556. The SMILES string of the molecule is NC(=O)[C@H]1COCCN1C(=O)c1cccc2c1CCC2. The van der Waals surface area contributed by atoms with E-state index in [9.17, 15) is 9.59 Å². The molecule has 5 heteroatoms. The Kier molecular flexibility index (Phi) is 3.44. The van der Waals surface area contributed by atoms with E-state index in [0.29, 0.717) is 18.7 Å². The van der Waals surface area contributed by atoms with Crippen molar-refractivity contribution in [1.29, 1.82) is 0 Å². The molecule has 5 nitrogen and oxygen atoms in total. The predicted molar refractivity (Wildman–Crippen MR) is 73.3 cm³/mol. The van der Waals surface area contributed by atoms with Crippen molar-refractivity contribution < 1.29 is 14.3 Å². The molecule has 1 fully saturated rings. The number of morpholine rings is 1. The second-order valence-corrected chi connectivity index (χ2v) is 5.29. The third-order valence-electron chi connectivity index (χ3n) is 4.09. The molecule has 2 N–H and O–H groups in total. The fourth-order valence-electron chi connectivity index (χ4n) is 3.06. The van der Waals surface area contributed by atoms with E-state index in [1.165, 1.54) is 5.56 Å². The molecular formula is C15H18N2O3. The molecule has 0 aromatic heterocycles. The highest BCUT2D eigenvalue weighted by Gasteiger charge is 2.33. The van der Waals surface area contributed by atoms with Crippen molar-refractivity contribution in [1.82, 2.24) is 4.90 Å². The van der Waals surface area contributed by atoms with Gasteiger partial charge in [0.2, 0.25) is 5.91 Å². The Hall–Kier alpha value is -1.88. The Morgan fingerprint density at radius 3 is 2.95 bits per heavy atom. The number of nitrogens with zero attached hydrogens (tertiary/aromatic N) is 1. The monoisotopic (exact) mass is 274 g/mol. The molecule has 1 aromatic carbocycles. The lowest BCUT2D eigenvalue weighted by Crippen LogP contribution is -2.54. The van der Waals surface area contributed by atoms with Gasteiger partial charge >= 0.3 is 0 Å². The van der Waals surface area contributed by atoms with E-state index in [1.807, 2.05) is 12.1 Å². The smallest absolute Gasteiger partial charge is 0.254 e. The van der Waals surface area contributed by atoms with Crippen LogP contribution in [-0.2, 0) is 22.4 Å². The van der Waals surface area contributed by atoms with Crippen LogP contribution < -0.4 is 5.73 Å². The van der Waals surface area contributed by atoms with Crippen LogP contribution in [0.1, 0.15) is 27.9 Å². The van der Waals surface area contributed by atoms with Gasteiger partial charge in [-0.05, 0) is 36.5 Å². The Balaban J connectivity index is 1.92. The number of nitrogens with two attached hydrogens (primary N) is 1. The van der Waals surface area contributed by atoms with Crippen molar-refractivity contribution in [3.05, 3.63) is 34.9 Å². The summed E-state index contributed by atoms with van der Waals surface area (Å²) in [6, 6.07) is 5.18. The molecule has 1 atom stereocenters. The Labute approximate surface area is 117 Å². The largest absolute Gasteiger partial charge is 0.377 e. The van der Waals surface area contributed by atoms with Crippen LogP contribution in [0, 0.1) is 0 Å². The maximum atomic E-state index is 12.7. The minimum Gasteiger partial charge on any atom is -0.377 e. The van der Waals surface area contributed by atoms with Crippen LogP contribution in [0.4, 0.5) is 0 Å². The zero-order valence-corrected chi connectivity index (χ0v) is 11.3. The molecule has 20 heavy (non-hydrogen) atoms. The molecule has 2 amide bonds. The maximum absolute atomic E-state index is 12.7. The van der Waals surface area contributed by atoms with Crippen molar-refractivity contribution in [3.63, 3.8) is 0 Å². The Morgan fingerprint density at radius 2 is 2.15 bits per heavy atom. The first-order valence-corrected chi connectivity index (χ1v) is 6.97. The fraction of sp³-hybridized carbons (Fsp3) is 0.467. The molecular weight excluding hydrogens is 256 g/mol. The molecule has 0 bridgehead atoms. The van der Waals surface area contributed by atoms with Crippen LogP contribution in [0.3, 0.4) is 0 Å². The van der Waals surface area contributed by atoms with Gasteiger partial charge in [-0.3, -0.25) is 9.59 Å². The second-order valence-electron chi connectivity index (χ2n) is 5.29. The summed E-state index contributed by atoms with van der Waals surface area (Å²) in [4.78, 5) is 25.8. The number of hydrogen-bond acceptors (Lipinski definition) is 3. The zero-order chi connectivity index (χ0) is 14.1. The van der Waals surface area contributed by atoms with Crippen molar-refractivity contribution in [2.75, 3.05) is 19.8 Å². The number of carbonyl (C=O) groups excluding carboxylic acids is 2. The highest BCUT2D eigenvalue weighted by atomic mass is 16.5. The van der Waals surface area contributed by atoms with Gasteiger partial charge in [0.1, 0.15) is 6.04 Å². The molecule has 0 saturated carbocycles. The number of hydrogen-bond donors (Lipinski definition) is 1. The van der Waals surface area contributed by atoms with Gasteiger partial charge in [0.25, 0.3) is 5.91 Å². The number of benzene rings is 1. The molecule has 0 radical (unpaired) electrons. The summed E-state index contributed by atoms with van der Waals surface area (Å²) in [6.45, 7) is 1.05. The number of fused-ring (bicyclic) bond motifs is 1. The van der Waals surface area contributed by atoms with E-state index in [0.717, 1.165) is 24.8 Å². The van der Waals surface area contributed by atoms with Gasteiger partial charge in [0, 0.05) is 12.1 Å². The summed E-state index contributed by atoms with van der Waals surface area (Å²) in [7, 11) is 0. The van der Waals surface area contributed by atoms with Crippen molar-refractivity contribution >= 4 is 11.8 Å². The van der Waals surface area contributed by atoms with Crippen LogP contribution in [0.5, 0.6) is 0 Å². The lowest BCUT2D eigenvalue weighted by atomic mass is 10.0. The van der Waals surface area contributed by atoms with Gasteiger partial charge in [0.05, 0.1) is 13.2 Å². The fourth-order valence-corrected chi connectivity index (χ4v) is 3.06. The summed E-state index contributed by atoms with van der Waals surface area (Å²) in [6.07, 6.45) is 3.05. The summed E-state index contributed by atoms with van der Waals surface area (Å²) >= 11 is 0. The van der Waals surface area contributed by atoms with Crippen LogP contribution >= 0.6 is 0 Å². The van der Waals surface area contributed by atoms with Gasteiger partial charge in [-0.15, -0.1) is 0 Å². The van der Waals surface area contributed by atoms with E-state index in [1.54, 1.807) is 4.90 Å². The normalized spacial score (nSPS) is 21.6. The van der Waals surface area contributed by atoms with Gasteiger partial charge in [-0.25, -0.2) is 0 Å².